The van der Waals surface area contributed by atoms with E-state index in [1.807, 2.05) is 14.0 Å². The SMILES string of the molecule is CNc1nc(C)nc(NC2Cc3ccccc3C2)c1C. The van der Waals surface area contributed by atoms with Crippen molar-refractivity contribution in [2.75, 3.05) is 17.7 Å². The molecular weight excluding hydrogens is 248 g/mol. The van der Waals surface area contributed by atoms with E-state index in [9.17, 15) is 0 Å². The van der Waals surface area contributed by atoms with Crippen LogP contribution in [0.25, 0.3) is 0 Å². The average molecular weight is 268 g/mol. The number of rotatable bonds is 3. The standard InChI is InChI=1S/C16H20N4/c1-10-15(17-3)18-11(2)19-16(10)20-14-8-12-6-4-5-7-13(12)9-14/h4-7,14H,8-9H2,1-3H3,(H2,17,18,19,20). The number of anilines is 2. The van der Waals surface area contributed by atoms with Crippen LogP contribution in [0.4, 0.5) is 11.6 Å². The number of nitrogens with zero attached hydrogens (tertiary/aromatic N) is 2. The summed E-state index contributed by atoms with van der Waals surface area (Å²) in [5.41, 5.74) is 3.97. The highest BCUT2D eigenvalue weighted by Gasteiger charge is 2.22. The van der Waals surface area contributed by atoms with Gasteiger partial charge >= 0.3 is 0 Å². The van der Waals surface area contributed by atoms with Crippen molar-refractivity contribution in [3.8, 4) is 0 Å². The third kappa shape index (κ3) is 2.33. The highest BCUT2D eigenvalue weighted by atomic mass is 15.1. The Morgan fingerprint density at radius 1 is 1.00 bits per heavy atom. The van der Waals surface area contributed by atoms with Crippen molar-refractivity contribution >= 4 is 11.6 Å². The molecule has 1 aliphatic carbocycles. The Labute approximate surface area is 119 Å². The number of benzene rings is 1. The molecule has 1 heterocycles. The molecule has 0 bridgehead atoms. The molecular formula is C16H20N4. The van der Waals surface area contributed by atoms with E-state index < -0.39 is 0 Å². The number of aromatic nitrogens is 2. The molecule has 104 valence electrons. The summed E-state index contributed by atoms with van der Waals surface area (Å²) in [5.74, 6) is 2.63. The zero-order valence-electron chi connectivity index (χ0n) is 12.2. The molecule has 3 rings (SSSR count). The molecule has 0 saturated heterocycles. The summed E-state index contributed by atoms with van der Waals surface area (Å²) in [6, 6.07) is 9.08. The summed E-state index contributed by atoms with van der Waals surface area (Å²) in [5, 5.41) is 6.71. The van der Waals surface area contributed by atoms with Gasteiger partial charge < -0.3 is 10.6 Å². The quantitative estimate of drug-likeness (QED) is 0.898. The first-order valence-corrected chi connectivity index (χ1v) is 7.03. The lowest BCUT2D eigenvalue weighted by Crippen LogP contribution is -2.21. The molecule has 1 aliphatic rings. The van der Waals surface area contributed by atoms with Gasteiger partial charge in [-0.15, -0.1) is 0 Å². The van der Waals surface area contributed by atoms with E-state index in [2.05, 4.69) is 51.8 Å². The molecule has 0 radical (unpaired) electrons. The van der Waals surface area contributed by atoms with Crippen molar-refractivity contribution in [1.29, 1.82) is 0 Å². The number of hydrogen-bond acceptors (Lipinski definition) is 4. The topological polar surface area (TPSA) is 49.8 Å². The van der Waals surface area contributed by atoms with Crippen molar-refractivity contribution < 1.29 is 0 Å². The molecule has 0 saturated carbocycles. The lowest BCUT2D eigenvalue weighted by Gasteiger charge is -2.17. The Hall–Kier alpha value is -2.10. The molecule has 1 aromatic carbocycles. The van der Waals surface area contributed by atoms with E-state index in [1.54, 1.807) is 0 Å². The summed E-state index contributed by atoms with van der Waals surface area (Å²) in [7, 11) is 1.89. The van der Waals surface area contributed by atoms with Crippen LogP contribution in [-0.4, -0.2) is 23.1 Å². The van der Waals surface area contributed by atoms with E-state index in [4.69, 9.17) is 0 Å². The van der Waals surface area contributed by atoms with Crippen LogP contribution in [0.3, 0.4) is 0 Å². The van der Waals surface area contributed by atoms with Gasteiger partial charge in [0.2, 0.25) is 0 Å². The van der Waals surface area contributed by atoms with E-state index in [0.717, 1.165) is 35.9 Å². The van der Waals surface area contributed by atoms with Crippen LogP contribution >= 0.6 is 0 Å². The Morgan fingerprint density at radius 3 is 2.20 bits per heavy atom. The summed E-state index contributed by atoms with van der Waals surface area (Å²) in [6.07, 6.45) is 2.13. The summed E-state index contributed by atoms with van der Waals surface area (Å²) in [6.45, 7) is 3.98. The predicted molar refractivity (Wildman–Crippen MR) is 82.3 cm³/mol. The van der Waals surface area contributed by atoms with Gasteiger partial charge in [-0.25, -0.2) is 9.97 Å². The first kappa shape index (κ1) is 12.9. The van der Waals surface area contributed by atoms with Gasteiger partial charge in [0.15, 0.2) is 0 Å². The van der Waals surface area contributed by atoms with Crippen LogP contribution in [0.1, 0.15) is 22.5 Å². The molecule has 0 unspecified atom stereocenters. The third-order valence-corrected chi connectivity index (χ3v) is 3.89. The van der Waals surface area contributed by atoms with Crippen molar-refractivity contribution in [2.24, 2.45) is 0 Å². The zero-order chi connectivity index (χ0) is 14.1. The molecule has 2 aromatic rings. The molecule has 0 amide bonds. The predicted octanol–water partition coefficient (Wildman–Crippen LogP) is 2.71. The first-order valence-electron chi connectivity index (χ1n) is 7.03. The molecule has 0 aliphatic heterocycles. The smallest absolute Gasteiger partial charge is 0.135 e. The lowest BCUT2D eigenvalue weighted by molar-refractivity contribution is 0.764. The molecule has 4 nitrogen and oxygen atoms in total. The van der Waals surface area contributed by atoms with Crippen LogP contribution in [0.15, 0.2) is 24.3 Å². The van der Waals surface area contributed by atoms with Crippen molar-refractivity contribution in [1.82, 2.24) is 9.97 Å². The molecule has 20 heavy (non-hydrogen) atoms. The van der Waals surface area contributed by atoms with E-state index in [-0.39, 0.29) is 0 Å². The molecule has 0 spiro atoms. The van der Waals surface area contributed by atoms with Gasteiger partial charge in [-0.2, -0.15) is 0 Å². The largest absolute Gasteiger partial charge is 0.373 e. The Kier molecular flexibility index (Phi) is 3.30. The minimum absolute atomic E-state index is 0.421. The van der Waals surface area contributed by atoms with Gasteiger partial charge in [0.05, 0.1) is 0 Å². The number of nitrogens with one attached hydrogen (secondary N) is 2. The summed E-state index contributed by atoms with van der Waals surface area (Å²) in [4.78, 5) is 8.95. The van der Waals surface area contributed by atoms with Crippen LogP contribution in [0.5, 0.6) is 0 Å². The Balaban J connectivity index is 1.82. The second kappa shape index (κ2) is 5.12. The maximum atomic E-state index is 4.55. The van der Waals surface area contributed by atoms with Crippen molar-refractivity contribution in [2.45, 2.75) is 32.7 Å². The third-order valence-electron chi connectivity index (χ3n) is 3.89. The van der Waals surface area contributed by atoms with Gasteiger partial charge in [-0.1, -0.05) is 24.3 Å². The summed E-state index contributed by atoms with van der Waals surface area (Å²) < 4.78 is 0. The van der Waals surface area contributed by atoms with E-state index in [0.29, 0.717) is 6.04 Å². The monoisotopic (exact) mass is 268 g/mol. The normalized spacial score (nSPS) is 14.2. The van der Waals surface area contributed by atoms with Crippen LogP contribution in [-0.2, 0) is 12.8 Å². The van der Waals surface area contributed by atoms with Crippen molar-refractivity contribution in [3.05, 3.63) is 46.8 Å². The molecule has 1 aromatic heterocycles. The molecule has 0 atom stereocenters. The maximum absolute atomic E-state index is 4.55. The molecule has 0 fully saturated rings. The number of aryl methyl sites for hydroxylation is 1. The summed E-state index contributed by atoms with van der Waals surface area (Å²) >= 11 is 0. The fourth-order valence-corrected chi connectivity index (χ4v) is 2.87. The molecule has 4 heteroatoms. The van der Waals surface area contributed by atoms with Crippen LogP contribution in [0.2, 0.25) is 0 Å². The van der Waals surface area contributed by atoms with E-state index >= 15 is 0 Å². The fourth-order valence-electron chi connectivity index (χ4n) is 2.87. The second-order valence-electron chi connectivity index (χ2n) is 5.36. The second-order valence-corrected chi connectivity index (χ2v) is 5.36. The van der Waals surface area contributed by atoms with Gasteiger partial charge in [0.1, 0.15) is 17.5 Å². The molecule has 2 N–H and O–H groups in total. The number of hydrogen-bond donors (Lipinski definition) is 2. The van der Waals surface area contributed by atoms with Gasteiger partial charge in [0, 0.05) is 18.7 Å². The lowest BCUT2D eigenvalue weighted by atomic mass is 10.1. The highest BCUT2D eigenvalue weighted by Crippen LogP contribution is 2.26. The maximum Gasteiger partial charge on any atom is 0.135 e. The Morgan fingerprint density at radius 2 is 1.60 bits per heavy atom. The van der Waals surface area contributed by atoms with Crippen molar-refractivity contribution in [3.63, 3.8) is 0 Å². The Bertz CT molecular complexity index is 611. The van der Waals surface area contributed by atoms with Gasteiger partial charge in [0.25, 0.3) is 0 Å². The van der Waals surface area contributed by atoms with E-state index in [1.165, 1.54) is 11.1 Å². The average Bonchev–Trinajstić information content (AvgIpc) is 2.84. The highest BCUT2D eigenvalue weighted by molar-refractivity contribution is 5.58. The van der Waals surface area contributed by atoms with Gasteiger partial charge in [-0.05, 0) is 37.8 Å². The first-order chi connectivity index (χ1) is 9.67. The zero-order valence-corrected chi connectivity index (χ0v) is 12.2. The van der Waals surface area contributed by atoms with Crippen LogP contribution in [0, 0.1) is 13.8 Å². The minimum atomic E-state index is 0.421. The fraction of sp³-hybridized carbons (Fsp3) is 0.375. The van der Waals surface area contributed by atoms with Crippen LogP contribution < -0.4 is 10.6 Å². The minimum Gasteiger partial charge on any atom is -0.373 e. The van der Waals surface area contributed by atoms with Gasteiger partial charge in [-0.3, -0.25) is 0 Å². The number of fused-ring (bicyclic) bond motifs is 1.